The largest absolute Gasteiger partial charge is 0.347 e. The van der Waals surface area contributed by atoms with Gasteiger partial charge in [0.05, 0.1) is 18.9 Å². The number of sulfonamides is 1. The quantitative estimate of drug-likeness (QED) is 0.721. The van der Waals surface area contributed by atoms with Crippen LogP contribution >= 0.6 is 0 Å². The summed E-state index contributed by atoms with van der Waals surface area (Å²) in [5.41, 5.74) is 0.652. The summed E-state index contributed by atoms with van der Waals surface area (Å²) < 4.78 is 24.9. The van der Waals surface area contributed by atoms with Crippen LogP contribution in [0.15, 0.2) is 12.5 Å². The molecule has 0 aliphatic heterocycles. The zero-order valence-electron chi connectivity index (χ0n) is 7.56. The van der Waals surface area contributed by atoms with Crippen LogP contribution in [0.3, 0.4) is 0 Å². The minimum absolute atomic E-state index is 0.119. The SMILES string of the molecule is CC(C#N)S(=O)(=O)NCc1cnc[nH]1. The monoisotopic (exact) mass is 214 g/mol. The van der Waals surface area contributed by atoms with Gasteiger partial charge in [0.25, 0.3) is 0 Å². The molecular formula is C7H10N4O2S. The molecule has 0 aliphatic rings. The van der Waals surface area contributed by atoms with E-state index in [1.165, 1.54) is 19.4 Å². The molecule has 0 spiro atoms. The molecule has 2 N–H and O–H groups in total. The lowest BCUT2D eigenvalue weighted by Gasteiger charge is -2.05. The van der Waals surface area contributed by atoms with Gasteiger partial charge in [-0.25, -0.2) is 18.1 Å². The molecule has 1 aromatic heterocycles. The van der Waals surface area contributed by atoms with E-state index in [1.807, 2.05) is 0 Å². The average Bonchev–Trinajstić information content (AvgIpc) is 2.66. The zero-order chi connectivity index (χ0) is 10.6. The molecule has 7 heteroatoms. The van der Waals surface area contributed by atoms with Gasteiger partial charge in [0.2, 0.25) is 10.0 Å². The fourth-order valence-corrected chi connectivity index (χ4v) is 1.50. The molecule has 1 aromatic rings. The molecule has 0 aromatic carbocycles. The molecule has 0 radical (unpaired) electrons. The molecule has 76 valence electrons. The fraction of sp³-hybridized carbons (Fsp3) is 0.429. The molecule has 6 nitrogen and oxygen atoms in total. The van der Waals surface area contributed by atoms with Gasteiger partial charge >= 0.3 is 0 Å². The Labute approximate surface area is 82.0 Å². The second kappa shape index (κ2) is 4.21. The Morgan fingerprint density at radius 1 is 1.79 bits per heavy atom. The Morgan fingerprint density at radius 3 is 3.00 bits per heavy atom. The summed E-state index contributed by atoms with van der Waals surface area (Å²) in [6.45, 7) is 1.45. The Bertz CT molecular complexity index is 417. The van der Waals surface area contributed by atoms with Gasteiger partial charge in [-0.05, 0) is 6.92 Å². The number of nitriles is 1. The van der Waals surface area contributed by atoms with Crippen LogP contribution in [-0.4, -0.2) is 23.6 Å². The van der Waals surface area contributed by atoms with E-state index in [0.717, 1.165) is 0 Å². The number of nitrogens with zero attached hydrogens (tertiary/aromatic N) is 2. The molecule has 0 bridgehead atoms. The highest BCUT2D eigenvalue weighted by Crippen LogP contribution is 1.98. The molecule has 1 heterocycles. The maximum atomic E-state index is 11.3. The van der Waals surface area contributed by atoms with E-state index in [4.69, 9.17) is 5.26 Å². The lowest BCUT2D eigenvalue weighted by atomic mass is 10.5. The first-order valence-electron chi connectivity index (χ1n) is 3.91. The molecule has 0 amide bonds. The van der Waals surface area contributed by atoms with Crippen LogP contribution in [0.1, 0.15) is 12.6 Å². The first kappa shape index (κ1) is 10.7. The molecule has 0 saturated heterocycles. The summed E-state index contributed by atoms with van der Waals surface area (Å²) in [4.78, 5) is 6.48. The van der Waals surface area contributed by atoms with Crippen LogP contribution in [0.2, 0.25) is 0 Å². The van der Waals surface area contributed by atoms with E-state index >= 15 is 0 Å². The first-order valence-corrected chi connectivity index (χ1v) is 5.46. The van der Waals surface area contributed by atoms with E-state index in [1.54, 1.807) is 6.07 Å². The highest BCUT2D eigenvalue weighted by molar-refractivity contribution is 7.90. The van der Waals surface area contributed by atoms with E-state index in [9.17, 15) is 8.42 Å². The van der Waals surface area contributed by atoms with Crippen molar-refractivity contribution in [2.24, 2.45) is 0 Å². The van der Waals surface area contributed by atoms with Crippen LogP contribution in [0.25, 0.3) is 0 Å². The van der Waals surface area contributed by atoms with Gasteiger partial charge in [0, 0.05) is 11.9 Å². The highest BCUT2D eigenvalue weighted by atomic mass is 32.2. The Hall–Kier alpha value is -1.39. The number of nitrogens with one attached hydrogen (secondary N) is 2. The molecule has 1 unspecified atom stereocenters. The molecule has 1 atom stereocenters. The van der Waals surface area contributed by atoms with Gasteiger partial charge < -0.3 is 4.98 Å². The van der Waals surface area contributed by atoms with Crippen molar-refractivity contribution in [1.82, 2.24) is 14.7 Å². The summed E-state index contributed by atoms with van der Waals surface area (Å²) in [6.07, 6.45) is 2.97. The Kier molecular flexibility index (Phi) is 3.22. The number of H-pyrrole nitrogens is 1. The number of hydrogen-bond acceptors (Lipinski definition) is 4. The van der Waals surface area contributed by atoms with Crippen LogP contribution in [0, 0.1) is 11.3 Å². The third-order valence-corrected chi connectivity index (χ3v) is 3.25. The van der Waals surface area contributed by atoms with Crippen LogP contribution in [0.4, 0.5) is 0 Å². The molecule has 14 heavy (non-hydrogen) atoms. The number of aromatic amines is 1. The van der Waals surface area contributed by atoms with Crippen LogP contribution in [0.5, 0.6) is 0 Å². The zero-order valence-corrected chi connectivity index (χ0v) is 8.37. The number of imidazole rings is 1. The van der Waals surface area contributed by atoms with Crippen molar-refractivity contribution in [3.63, 3.8) is 0 Å². The van der Waals surface area contributed by atoms with E-state index < -0.39 is 15.3 Å². The van der Waals surface area contributed by atoms with Crippen molar-refractivity contribution in [3.05, 3.63) is 18.2 Å². The predicted molar refractivity (Wildman–Crippen MR) is 49.4 cm³/mol. The first-order chi connectivity index (χ1) is 6.56. The number of aromatic nitrogens is 2. The van der Waals surface area contributed by atoms with Crippen molar-refractivity contribution < 1.29 is 8.42 Å². The standard InChI is InChI=1S/C7H10N4O2S/c1-6(2-8)14(12,13)11-4-7-3-9-5-10-7/h3,5-6,11H,4H2,1H3,(H,9,10). The van der Waals surface area contributed by atoms with Crippen LogP contribution in [-0.2, 0) is 16.6 Å². The summed E-state index contributed by atoms with van der Waals surface area (Å²) in [6, 6.07) is 1.66. The molecule has 0 saturated carbocycles. The van der Waals surface area contributed by atoms with Gasteiger partial charge in [-0.1, -0.05) is 0 Å². The maximum absolute atomic E-state index is 11.3. The molecule has 1 rings (SSSR count). The second-order valence-corrected chi connectivity index (χ2v) is 4.80. The Balaban J connectivity index is 2.58. The summed E-state index contributed by atoms with van der Waals surface area (Å²) >= 11 is 0. The lowest BCUT2D eigenvalue weighted by Crippen LogP contribution is -2.31. The van der Waals surface area contributed by atoms with Crippen molar-refractivity contribution in [1.29, 1.82) is 5.26 Å². The van der Waals surface area contributed by atoms with E-state index in [-0.39, 0.29) is 6.54 Å². The smallest absolute Gasteiger partial charge is 0.228 e. The van der Waals surface area contributed by atoms with E-state index in [2.05, 4.69) is 14.7 Å². The normalized spacial score (nSPS) is 13.4. The Morgan fingerprint density at radius 2 is 2.50 bits per heavy atom. The minimum atomic E-state index is -3.55. The second-order valence-electron chi connectivity index (χ2n) is 2.71. The fourth-order valence-electron chi connectivity index (χ4n) is 0.754. The molecule has 0 fully saturated rings. The van der Waals surface area contributed by atoms with Gasteiger partial charge in [0.1, 0.15) is 0 Å². The van der Waals surface area contributed by atoms with Crippen molar-refractivity contribution >= 4 is 10.0 Å². The van der Waals surface area contributed by atoms with Gasteiger partial charge in [-0.2, -0.15) is 5.26 Å². The van der Waals surface area contributed by atoms with Crippen LogP contribution < -0.4 is 4.72 Å². The highest BCUT2D eigenvalue weighted by Gasteiger charge is 2.19. The summed E-state index contributed by atoms with van der Waals surface area (Å²) in [5, 5.41) is 7.39. The summed E-state index contributed by atoms with van der Waals surface area (Å²) in [5.74, 6) is 0. The third-order valence-electron chi connectivity index (χ3n) is 1.67. The van der Waals surface area contributed by atoms with Gasteiger partial charge in [-0.3, -0.25) is 0 Å². The lowest BCUT2D eigenvalue weighted by molar-refractivity contribution is 0.576. The number of hydrogen-bond donors (Lipinski definition) is 2. The topological polar surface area (TPSA) is 98.6 Å². The number of rotatable bonds is 4. The molecular weight excluding hydrogens is 204 g/mol. The van der Waals surface area contributed by atoms with Gasteiger partial charge in [-0.15, -0.1) is 0 Å². The summed E-state index contributed by atoms with van der Waals surface area (Å²) in [7, 11) is -3.55. The average molecular weight is 214 g/mol. The third kappa shape index (κ3) is 2.55. The molecule has 0 aliphatic carbocycles. The van der Waals surface area contributed by atoms with Crippen molar-refractivity contribution in [2.75, 3.05) is 0 Å². The predicted octanol–water partition coefficient (Wildman–Crippen LogP) is -0.259. The maximum Gasteiger partial charge on any atom is 0.228 e. The minimum Gasteiger partial charge on any atom is -0.347 e. The van der Waals surface area contributed by atoms with E-state index in [0.29, 0.717) is 5.69 Å². The van der Waals surface area contributed by atoms with Crippen molar-refractivity contribution in [3.8, 4) is 6.07 Å². The van der Waals surface area contributed by atoms with Crippen molar-refractivity contribution in [2.45, 2.75) is 18.7 Å². The van der Waals surface area contributed by atoms with Gasteiger partial charge in [0.15, 0.2) is 5.25 Å².